The number of allylic oxidation sites excluding steroid dienone is 1. The lowest BCUT2D eigenvalue weighted by molar-refractivity contribution is -0.385. The molecule has 0 bridgehead atoms. The van der Waals surface area contributed by atoms with Gasteiger partial charge in [0.1, 0.15) is 5.69 Å². The molecule has 2 aromatic rings. The second-order valence-corrected chi connectivity index (χ2v) is 4.78. The van der Waals surface area contributed by atoms with Crippen LogP contribution < -0.4 is 9.47 Å². The van der Waals surface area contributed by atoms with Crippen LogP contribution in [0, 0.1) is 10.1 Å². The zero-order chi connectivity index (χ0) is 16.4. The monoisotopic (exact) mass is 315 g/mol. The van der Waals surface area contributed by atoms with Gasteiger partial charge < -0.3 is 9.47 Å². The summed E-state index contributed by atoms with van der Waals surface area (Å²) in [7, 11) is 0. The molecule has 0 aliphatic carbocycles. The highest BCUT2D eigenvalue weighted by molar-refractivity contribution is 6.05. The number of ether oxygens (including phenoxy) is 2. The van der Waals surface area contributed by atoms with Crippen molar-refractivity contribution in [2.45, 2.75) is 13.5 Å². The fourth-order valence-corrected chi connectivity index (χ4v) is 2.16. The van der Waals surface area contributed by atoms with Crippen molar-refractivity contribution in [2.75, 3.05) is 6.79 Å². The van der Waals surface area contributed by atoms with E-state index in [1.165, 1.54) is 24.3 Å². The molecule has 0 unspecified atom stereocenters. The second kappa shape index (κ2) is 5.91. The Morgan fingerprint density at radius 3 is 2.83 bits per heavy atom. The zero-order valence-electron chi connectivity index (χ0n) is 12.3. The Morgan fingerprint density at radius 1 is 1.43 bits per heavy atom. The average Bonchev–Trinajstić information content (AvgIpc) is 3.19. The van der Waals surface area contributed by atoms with Crippen molar-refractivity contribution in [3.63, 3.8) is 0 Å². The third kappa shape index (κ3) is 2.91. The maximum atomic E-state index is 12.1. The molecule has 2 heterocycles. The number of nitro benzene ring substituents is 1. The van der Waals surface area contributed by atoms with Crippen molar-refractivity contribution >= 4 is 17.5 Å². The Morgan fingerprint density at radius 2 is 2.17 bits per heavy atom. The van der Waals surface area contributed by atoms with E-state index >= 15 is 0 Å². The predicted molar refractivity (Wildman–Crippen MR) is 80.5 cm³/mol. The van der Waals surface area contributed by atoms with Gasteiger partial charge in [0.15, 0.2) is 11.5 Å². The van der Waals surface area contributed by atoms with Gasteiger partial charge in [0.25, 0.3) is 5.69 Å². The molecule has 0 N–H and O–H groups in total. The molecule has 1 aliphatic heterocycles. The molecule has 1 aliphatic rings. The zero-order valence-corrected chi connectivity index (χ0v) is 12.3. The molecule has 23 heavy (non-hydrogen) atoms. The molecule has 0 radical (unpaired) electrons. The van der Waals surface area contributed by atoms with Gasteiger partial charge >= 0.3 is 0 Å². The SMILES string of the molecule is CCn1ccc(C(=O)C=Cc2cc3c(cc2[N+](=O)[O-])OCO3)n1. The van der Waals surface area contributed by atoms with Crippen molar-refractivity contribution in [3.05, 3.63) is 51.8 Å². The molecule has 0 saturated heterocycles. The molecule has 1 aromatic carbocycles. The van der Waals surface area contributed by atoms with Crippen molar-refractivity contribution in [1.82, 2.24) is 9.78 Å². The summed E-state index contributed by atoms with van der Waals surface area (Å²) in [5, 5.41) is 15.2. The second-order valence-electron chi connectivity index (χ2n) is 4.78. The van der Waals surface area contributed by atoms with E-state index in [0.717, 1.165) is 0 Å². The summed E-state index contributed by atoms with van der Waals surface area (Å²) in [5.41, 5.74) is 0.395. The Bertz CT molecular complexity index is 809. The molecule has 3 rings (SSSR count). The van der Waals surface area contributed by atoms with E-state index in [-0.39, 0.29) is 29.5 Å². The van der Waals surface area contributed by atoms with Crippen LogP contribution in [0.2, 0.25) is 0 Å². The van der Waals surface area contributed by atoms with E-state index in [0.29, 0.717) is 18.0 Å². The Hall–Kier alpha value is -3.16. The van der Waals surface area contributed by atoms with Gasteiger partial charge in [-0.3, -0.25) is 19.6 Å². The van der Waals surface area contributed by atoms with Crippen molar-refractivity contribution < 1.29 is 19.2 Å². The number of carbonyl (C=O) groups is 1. The molecule has 0 spiro atoms. The maximum absolute atomic E-state index is 12.1. The number of hydrogen-bond acceptors (Lipinski definition) is 6. The van der Waals surface area contributed by atoms with E-state index in [2.05, 4.69) is 5.10 Å². The molecule has 8 heteroatoms. The standard InChI is InChI=1S/C15H13N3O5/c1-2-17-6-5-11(16-17)13(19)4-3-10-7-14-15(23-9-22-14)8-12(10)18(20)21/h3-8H,2,9H2,1H3. The number of carbonyl (C=O) groups excluding carboxylic acids is 1. The topological polar surface area (TPSA) is 96.5 Å². The van der Waals surface area contributed by atoms with Crippen LogP contribution in [0.4, 0.5) is 5.69 Å². The van der Waals surface area contributed by atoms with Crippen molar-refractivity contribution in [3.8, 4) is 11.5 Å². The molecule has 8 nitrogen and oxygen atoms in total. The summed E-state index contributed by atoms with van der Waals surface area (Å²) in [6.45, 7) is 2.59. The lowest BCUT2D eigenvalue weighted by Gasteiger charge is -2.00. The van der Waals surface area contributed by atoms with Crippen LogP contribution in [0.5, 0.6) is 11.5 Å². The number of ketones is 1. The van der Waals surface area contributed by atoms with Gasteiger partial charge in [-0.05, 0) is 31.2 Å². The molecule has 0 atom stereocenters. The van der Waals surface area contributed by atoms with Gasteiger partial charge in [-0.25, -0.2) is 0 Å². The molecule has 1 aromatic heterocycles. The van der Waals surface area contributed by atoms with E-state index in [1.807, 2.05) is 6.92 Å². The normalized spacial score (nSPS) is 12.7. The number of aromatic nitrogens is 2. The van der Waals surface area contributed by atoms with Gasteiger partial charge in [-0.2, -0.15) is 5.10 Å². The Kier molecular flexibility index (Phi) is 3.80. The third-order valence-corrected chi connectivity index (χ3v) is 3.35. The van der Waals surface area contributed by atoms with Crippen LogP contribution in [0.1, 0.15) is 23.0 Å². The number of fused-ring (bicyclic) bond motifs is 1. The average molecular weight is 315 g/mol. The van der Waals surface area contributed by atoms with Crippen molar-refractivity contribution in [2.24, 2.45) is 0 Å². The Labute approximate surface area is 131 Å². The number of aryl methyl sites for hydroxylation is 1. The third-order valence-electron chi connectivity index (χ3n) is 3.35. The fourth-order valence-electron chi connectivity index (χ4n) is 2.16. The van der Waals surface area contributed by atoms with E-state index in [4.69, 9.17) is 9.47 Å². The number of benzene rings is 1. The first-order valence-electron chi connectivity index (χ1n) is 6.92. The fraction of sp³-hybridized carbons (Fsp3) is 0.200. The summed E-state index contributed by atoms with van der Waals surface area (Å²) in [4.78, 5) is 22.7. The van der Waals surface area contributed by atoms with Gasteiger partial charge in [0, 0.05) is 12.7 Å². The lowest BCUT2D eigenvalue weighted by atomic mass is 10.1. The predicted octanol–water partition coefficient (Wildman–Crippen LogP) is 2.44. The minimum absolute atomic E-state index is 0.0209. The van der Waals surface area contributed by atoms with Gasteiger partial charge in [-0.1, -0.05) is 0 Å². The highest BCUT2D eigenvalue weighted by Gasteiger charge is 2.22. The van der Waals surface area contributed by atoms with Crippen LogP contribution >= 0.6 is 0 Å². The minimum atomic E-state index is -0.530. The van der Waals surface area contributed by atoms with Crippen LogP contribution in [0.3, 0.4) is 0 Å². The van der Waals surface area contributed by atoms with Gasteiger partial charge in [0.2, 0.25) is 12.6 Å². The Balaban J connectivity index is 1.89. The first kappa shape index (κ1) is 14.8. The summed E-state index contributed by atoms with van der Waals surface area (Å²) < 4.78 is 12.0. The molecule has 0 amide bonds. The summed E-state index contributed by atoms with van der Waals surface area (Å²) in [6.07, 6.45) is 4.34. The largest absolute Gasteiger partial charge is 0.454 e. The van der Waals surface area contributed by atoms with E-state index < -0.39 is 4.92 Å². The molecule has 0 fully saturated rings. The van der Waals surface area contributed by atoms with E-state index in [9.17, 15) is 14.9 Å². The van der Waals surface area contributed by atoms with Crippen LogP contribution in [0.25, 0.3) is 6.08 Å². The number of nitrogens with zero attached hydrogens (tertiary/aromatic N) is 3. The lowest BCUT2D eigenvalue weighted by Crippen LogP contribution is -2.00. The van der Waals surface area contributed by atoms with Crippen LogP contribution in [0.15, 0.2) is 30.5 Å². The molecule has 0 saturated carbocycles. The molecular weight excluding hydrogens is 302 g/mol. The summed E-state index contributed by atoms with van der Waals surface area (Å²) >= 11 is 0. The van der Waals surface area contributed by atoms with Gasteiger partial charge in [-0.15, -0.1) is 0 Å². The first-order chi connectivity index (χ1) is 11.1. The number of nitro groups is 1. The van der Waals surface area contributed by atoms with Crippen molar-refractivity contribution in [1.29, 1.82) is 0 Å². The molecular formula is C15H13N3O5. The molecule has 118 valence electrons. The van der Waals surface area contributed by atoms with E-state index in [1.54, 1.807) is 16.9 Å². The van der Waals surface area contributed by atoms with Crippen LogP contribution in [-0.4, -0.2) is 27.3 Å². The maximum Gasteiger partial charge on any atom is 0.280 e. The summed E-state index contributed by atoms with van der Waals surface area (Å²) in [5.74, 6) is 0.406. The highest BCUT2D eigenvalue weighted by atomic mass is 16.7. The summed E-state index contributed by atoms with van der Waals surface area (Å²) in [6, 6.07) is 4.37. The number of rotatable bonds is 5. The van der Waals surface area contributed by atoms with Crippen LogP contribution in [-0.2, 0) is 6.54 Å². The smallest absolute Gasteiger partial charge is 0.280 e. The minimum Gasteiger partial charge on any atom is -0.454 e. The number of hydrogen-bond donors (Lipinski definition) is 0. The first-order valence-corrected chi connectivity index (χ1v) is 6.92. The quantitative estimate of drug-likeness (QED) is 0.364. The van der Waals surface area contributed by atoms with Gasteiger partial charge in [0.05, 0.1) is 16.6 Å². The highest BCUT2D eigenvalue weighted by Crippen LogP contribution is 2.38.